The minimum absolute atomic E-state index is 0.0441. The molecule has 0 aliphatic rings. The number of rotatable bonds is 4. The van der Waals surface area contributed by atoms with Crippen molar-refractivity contribution in [2.45, 2.75) is 20.3 Å². The molecule has 0 unspecified atom stereocenters. The van der Waals surface area contributed by atoms with Gasteiger partial charge >= 0.3 is 0 Å². The highest BCUT2D eigenvalue weighted by Crippen LogP contribution is 2.14. The third-order valence-electron chi connectivity index (χ3n) is 2.49. The smallest absolute Gasteiger partial charge is 0.224 e. The van der Waals surface area contributed by atoms with Gasteiger partial charge in [-0.3, -0.25) is 4.79 Å². The second-order valence-corrected chi connectivity index (χ2v) is 4.65. The number of anilines is 1. The van der Waals surface area contributed by atoms with Gasteiger partial charge in [-0.05, 0) is 30.2 Å². The summed E-state index contributed by atoms with van der Waals surface area (Å²) in [4.78, 5) is 11.7. The van der Waals surface area contributed by atoms with Crippen LogP contribution in [0.3, 0.4) is 0 Å². The first-order valence-corrected chi connectivity index (χ1v) is 6.05. The molecule has 0 saturated carbocycles. The fourth-order valence-corrected chi connectivity index (χ4v) is 1.73. The van der Waals surface area contributed by atoms with E-state index in [2.05, 4.69) is 10.4 Å². The van der Waals surface area contributed by atoms with E-state index in [0.29, 0.717) is 12.3 Å². The minimum atomic E-state index is 0.0441. The van der Waals surface area contributed by atoms with Crippen LogP contribution in [-0.4, -0.2) is 15.7 Å². The number of carbonyl (C=O) groups excluding carboxylic acids is 1. The molecule has 1 amide bonds. The first-order valence-electron chi connectivity index (χ1n) is 6.05. The first-order chi connectivity index (χ1) is 8.65. The lowest BCUT2D eigenvalue weighted by atomic mass is 10.1. The summed E-state index contributed by atoms with van der Waals surface area (Å²) in [5, 5.41) is 7.05. The third-order valence-corrected chi connectivity index (χ3v) is 2.49. The molecule has 2 aromatic rings. The lowest BCUT2D eigenvalue weighted by Gasteiger charge is -2.08. The van der Waals surface area contributed by atoms with Crippen molar-refractivity contribution in [1.29, 1.82) is 0 Å². The van der Waals surface area contributed by atoms with Gasteiger partial charge in [0.15, 0.2) is 0 Å². The van der Waals surface area contributed by atoms with Crippen LogP contribution in [0.5, 0.6) is 0 Å². The molecule has 4 nitrogen and oxygen atoms in total. The highest BCUT2D eigenvalue weighted by atomic mass is 16.1. The van der Waals surface area contributed by atoms with Gasteiger partial charge in [-0.15, -0.1) is 0 Å². The Morgan fingerprint density at radius 2 is 2.22 bits per heavy atom. The molecule has 1 N–H and O–H groups in total. The Morgan fingerprint density at radius 1 is 1.39 bits per heavy atom. The van der Waals surface area contributed by atoms with E-state index in [4.69, 9.17) is 0 Å². The van der Waals surface area contributed by atoms with Crippen LogP contribution in [0.4, 0.5) is 5.69 Å². The maximum atomic E-state index is 11.7. The van der Waals surface area contributed by atoms with E-state index in [1.165, 1.54) is 0 Å². The predicted octanol–water partition coefficient (Wildman–Crippen LogP) is 2.86. The van der Waals surface area contributed by atoms with E-state index in [-0.39, 0.29) is 5.91 Å². The normalized spacial score (nSPS) is 10.6. The Labute approximate surface area is 107 Å². The van der Waals surface area contributed by atoms with Crippen molar-refractivity contribution in [3.05, 3.63) is 42.7 Å². The Balaban J connectivity index is 2.11. The molecule has 94 valence electrons. The van der Waals surface area contributed by atoms with Gasteiger partial charge < -0.3 is 5.32 Å². The number of benzene rings is 1. The number of nitrogens with one attached hydrogen (secondary N) is 1. The molecule has 0 atom stereocenters. The number of nitrogens with zero attached hydrogens (tertiary/aromatic N) is 2. The van der Waals surface area contributed by atoms with Gasteiger partial charge in [-0.25, -0.2) is 4.68 Å². The Hall–Kier alpha value is -2.10. The van der Waals surface area contributed by atoms with Crippen molar-refractivity contribution >= 4 is 11.6 Å². The van der Waals surface area contributed by atoms with Crippen molar-refractivity contribution in [3.8, 4) is 5.69 Å². The molecule has 0 fully saturated rings. The Bertz CT molecular complexity index is 518. The maximum absolute atomic E-state index is 11.7. The molecule has 1 aromatic carbocycles. The molecule has 1 aromatic heterocycles. The zero-order valence-corrected chi connectivity index (χ0v) is 10.6. The van der Waals surface area contributed by atoms with Gasteiger partial charge in [0.05, 0.1) is 5.69 Å². The van der Waals surface area contributed by atoms with Crippen molar-refractivity contribution in [2.24, 2.45) is 5.92 Å². The van der Waals surface area contributed by atoms with Crippen molar-refractivity contribution in [3.63, 3.8) is 0 Å². The number of hydrogen-bond acceptors (Lipinski definition) is 2. The zero-order chi connectivity index (χ0) is 13.0. The van der Waals surface area contributed by atoms with Crippen LogP contribution in [-0.2, 0) is 4.79 Å². The summed E-state index contributed by atoms with van der Waals surface area (Å²) in [7, 11) is 0. The molecule has 18 heavy (non-hydrogen) atoms. The molecule has 0 aliphatic carbocycles. The van der Waals surface area contributed by atoms with Crippen LogP contribution >= 0.6 is 0 Å². The number of amides is 1. The van der Waals surface area contributed by atoms with Crippen molar-refractivity contribution < 1.29 is 4.79 Å². The molecule has 0 aliphatic heterocycles. The maximum Gasteiger partial charge on any atom is 0.224 e. The average Bonchev–Trinajstić information content (AvgIpc) is 2.81. The first kappa shape index (κ1) is 12.4. The summed E-state index contributed by atoms with van der Waals surface area (Å²) in [6.07, 6.45) is 4.13. The molecule has 0 spiro atoms. The largest absolute Gasteiger partial charge is 0.326 e. The molecule has 0 saturated heterocycles. The quantitative estimate of drug-likeness (QED) is 0.897. The predicted molar refractivity (Wildman–Crippen MR) is 71.6 cm³/mol. The molecule has 0 radical (unpaired) electrons. The van der Waals surface area contributed by atoms with Gasteiger partial charge in [0.25, 0.3) is 0 Å². The molecule has 1 heterocycles. The van der Waals surface area contributed by atoms with E-state index in [9.17, 15) is 4.79 Å². The van der Waals surface area contributed by atoms with Crippen LogP contribution in [0, 0.1) is 5.92 Å². The van der Waals surface area contributed by atoms with Gasteiger partial charge in [-0.1, -0.05) is 19.9 Å². The van der Waals surface area contributed by atoms with Crippen LogP contribution in [0.25, 0.3) is 5.69 Å². The van der Waals surface area contributed by atoms with Crippen LogP contribution in [0.15, 0.2) is 42.7 Å². The summed E-state index contributed by atoms with van der Waals surface area (Å²) in [5.74, 6) is 0.405. The van der Waals surface area contributed by atoms with Crippen LogP contribution < -0.4 is 5.32 Å². The number of hydrogen-bond donors (Lipinski definition) is 1. The van der Waals surface area contributed by atoms with E-state index < -0.39 is 0 Å². The van der Waals surface area contributed by atoms with Gasteiger partial charge in [0.1, 0.15) is 0 Å². The van der Waals surface area contributed by atoms with E-state index in [0.717, 1.165) is 11.4 Å². The lowest BCUT2D eigenvalue weighted by Crippen LogP contribution is -2.14. The summed E-state index contributed by atoms with van der Waals surface area (Å²) in [5.41, 5.74) is 1.73. The van der Waals surface area contributed by atoms with Crippen molar-refractivity contribution in [2.75, 3.05) is 5.32 Å². The fraction of sp³-hybridized carbons (Fsp3) is 0.286. The fourth-order valence-electron chi connectivity index (χ4n) is 1.73. The van der Waals surface area contributed by atoms with Gasteiger partial charge in [0, 0.05) is 24.5 Å². The standard InChI is InChI=1S/C14H17N3O/c1-11(2)9-14(18)16-12-5-3-6-13(10-12)17-8-4-7-15-17/h3-8,10-11H,9H2,1-2H3,(H,16,18). The summed E-state index contributed by atoms with van der Waals surface area (Å²) < 4.78 is 1.76. The van der Waals surface area contributed by atoms with Crippen molar-refractivity contribution in [1.82, 2.24) is 9.78 Å². The van der Waals surface area contributed by atoms with Crippen LogP contribution in [0.2, 0.25) is 0 Å². The number of carbonyl (C=O) groups is 1. The Kier molecular flexibility index (Phi) is 3.77. The highest BCUT2D eigenvalue weighted by molar-refractivity contribution is 5.91. The Morgan fingerprint density at radius 3 is 2.89 bits per heavy atom. The molecular formula is C14H17N3O. The average molecular weight is 243 g/mol. The lowest BCUT2D eigenvalue weighted by molar-refractivity contribution is -0.116. The summed E-state index contributed by atoms with van der Waals surface area (Å²) in [6, 6.07) is 9.51. The van der Waals surface area contributed by atoms with E-state index in [1.54, 1.807) is 10.9 Å². The summed E-state index contributed by atoms with van der Waals surface area (Å²) in [6.45, 7) is 4.06. The highest BCUT2D eigenvalue weighted by Gasteiger charge is 2.06. The SMILES string of the molecule is CC(C)CC(=O)Nc1cccc(-n2cccn2)c1. The zero-order valence-electron chi connectivity index (χ0n) is 10.6. The van der Waals surface area contributed by atoms with E-state index >= 15 is 0 Å². The number of aromatic nitrogens is 2. The molecular weight excluding hydrogens is 226 g/mol. The van der Waals surface area contributed by atoms with E-state index in [1.807, 2.05) is 50.4 Å². The second kappa shape index (κ2) is 5.49. The third kappa shape index (κ3) is 3.20. The van der Waals surface area contributed by atoms with Crippen LogP contribution in [0.1, 0.15) is 20.3 Å². The molecule has 2 rings (SSSR count). The monoisotopic (exact) mass is 243 g/mol. The second-order valence-electron chi connectivity index (χ2n) is 4.65. The topological polar surface area (TPSA) is 46.9 Å². The molecule has 4 heteroatoms. The van der Waals surface area contributed by atoms with Gasteiger partial charge in [-0.2, -0.15) is 5.10 Å². The van der Waals surface area contributed by atoms with Gasteiger partial charge in [0.2, 0.25) is 5.91 Å². The molecule has 0 bridgehead atoms. The minimum Gasteiger partial charge on any atom is -0.326 e. The summed E-state index contributed by atoms with van der Waals surface area (Å²) >= 11 is 0.